The molecule has 0 aromatic heterocycles. The average Bonchev–Trinajstić information content (AvgIpc) is 3.60. The minimum atomic E-state index is -1.16. The van der Waals surface area contributed by atoms with Crippen molar-refractivity contribution in [1.29, 1.82) is 0 Å². The number of anilines is 1. The summed E-state index contributed by atoms with van der Waals surface area (Å²) in [6.45, 7) is 1.92. The molecule has 3 aliphatic rings. The topological polar surface area (TPSA) is 102 Å². The van der Waals surface area contributed by atoms with Crippen LogP contribution in [-0.2, 0) is 11.3 Å². The van der Waals surface area contributed by atoms with Crippen molar-refractivity contribution in [3.05, 3.63) is 58.5 Å². The van der Waals surface area contributed by atoms with E-state index in [2.05, 4.69) is 10.5 Å². The van der Waals surface area contributed by atoms with E-state index in [1.54, 1.807) is 9.80 Å². The van der Waals surface area contributed by atoms with Crippen LogP contribution in [0.5, 0.6) is 0 Å². The Labute approximate surface area is 198 Å². The molecule has 1 heterocycles. The van der Waals surface area contributed by atoms with E-state index in [1.165, 1.54) is 6.42 Å². The van der Waals surface area contributed by atoms with Crippen molar-refractivity contribution in [3.8, 4) is 11.1 Å². The summed E-state index contributed by atoms with van der Waals surface area (Å²) in [5.74, 6) is -0.267. The van der Waals surface area contributed by atoms with Crippen LogP contribution in [0.25, 0.3) is 11.1 Å². The minimum absolute atomic E-state index is 0.0605. The van der Waals surface area contributed by atoms with Gasteiger partial charge in [-0.2, -0.15) is 4.91 Å². The Morgan fingerprint density at radius 1 is 0.971 bits per heavy atom. The van der Waals surface area contributed by atoms with Gasteiger partial charge in [0.15, 0.2) is 0 Å². The number of carbonyl (C=O) groups is 2. The summed E-state index contributed by atoms with van der Waals surface area (Å²) in [5.41, 5.74) is 3.22. The van der Waals surface area contributed by atoms with Gasteiger partial charge < -0.3 is 20.2 Å². The molecule has 2 aromatic carbocycles. The maximum atomic E-state index is 13.0. The number of carbonyl (C=O) groups excluding carboxylic acids is 2. The second-order valence-corrected chi connectivity index (χ2v) is 9.62. The van der Waals surface area contributed by atoms with Crippen LogP contribution in [0.2, 0.25) is 0 Å². The molecule has 8 nitrogen and oxygen atoms in total. The summed E-state index contributed by atoms with van der Waals surface area (Å²) in [4.78, 5) is 39.7. The van der Waals surface area contributed by atoms with Crippen LogP contribution in [0.3, 0.4) is 0 Å². The summed E-state index contributed by atoms with van der Waals surface area (Å²) in [6.07, 6.45) is 4.60. The second-order valence-electron chi connectivity index (χ2n) is 9.62. The Morgan fingerprint density at radius 3 is 2.21 bits per heavy atom. The molecule has 0 atom stereocenters. The molecule has 0 bridgehead atoms. The Kier molecular flexibility index (Phi) is 6.08. The average molecular weight is 463 g/mol. The van der Waals surface area contributed by atoms with E-state index >= 15 is 0 Å². The molecule has 1 saturated heterocycles. The van der Waals surface area contributed by atoms with Crippen LogP contribution in [0, 0.1) is 4.91 Å². The first kappa shape index (κ1) is 22.5. The van der Waals surface area contributed by atoms with Crippen LogP contribution < -0.4 is 5.32 Å². The molecule has 0 spiro atoms. The molecule has 0 radical (unpaired) electrons. The van der Waals surface area contributed by atoms with Gasteiger partial charge in [0.05, 0.1) is 0 Å². The van der Waals surface area contributed by atoms with Gasteiger partial charge in [-0.05, 0) is 67.5 Å². The summed E-state index contributed by atoms with van der Waals surface area (Å²) in [7, 11) is 0. The van der Waals surface area contributed by atoms with Crippen molar-refractivity contribution >= 4 is 17.5 Å². The molecule has 0 unspecified atom stereocenters. The van der Waals surface area contributed by atoms with E-state index in [9.17, 15) is 19.6 Å². The Morgan fingerprint density at radius 2 is 1.62 bits per heavy atom. The molecular formula is C26H30N4O4. The quantitative estimate of drug-likeness (QED) is 0.614. The third kappa shape index (κ3) is 4.55. The maximum absolute atomic E-state index is 13.0. The summed E-state index contributed by atoms with van der Waals surface area (Å²) in [5, 5.41) is 16.6. The highest BCUT2D eigenvalue weighted by molar-refractivity contribution is 5.95. The highest BCUT2D eigenvalue weighted by Crippen LogP contribution is 2.37. The van der Waals surface area contributed by atoms with Gasteiger partial charge in [-0.25, -0.2) is 0 Å². The largest absolute Gasteiger partial charge is 0.382 e. The van der Waals surface area contributed by atoms with Crippen LogP contribution in [-0.4, -0.2) is 64.5 Å². The SMILES string of the molecule is O=NCc1cc(-c2ccc(C(=O)N3CCN(C(=O)C4(O)CC4)CC3)cc2)ccc1NC1CCC1. The molecule has 1 aliphatic heterocycles. The van der Waals surface area contributed by atoms with E-state index < -0.39 is 5.60 Å². The minimum Gasteiger partial charge on any atom is -0.382 e. The lowest BCUT2D eigenvalue weighted by atomic mass is 9.92. The van der Waals surface area contributed by atoms with Crippen molar-refractivity contribution in [2.75, 3.05) is 31.5 Å². The first-order valence-electron chi connectivity index (χ1n) is 12.1. The molecule has 178 valence electrons. The van der Waals surface area contributed by atoms with Crippen molar-refractivity contribution in [2.24, 2.45) is 5.18 Å². The molecule has 34 heavy (non-hydrogen) atoms. The molecule has 2 aliphatic carbocycles. The number of nitrogens with one attached hydrogen (secondary N) is 1. The fourth-order valence-corrected chi connectivity index (χ4v) is 4.61. The normalized spacial score (nSPS) is 19.3. The molecule has 2 saturated carbocycles. The Balaban J connectivity index is 1.23. The van der Waals surface area contributed by atoms with Crippen LogP contribution in [0.4, 0.5) is 5.69 Å². The first-order valence-corrected chi connectivity index (χ1v) is 12.1. The van der Waals surface area contributed by atoms with E-state index in [0.29, 0.717) is 50.6 Å². The van der Waals surface area contributed by atoms with Crippen molar-refractivity contribution in [3.63, 3.8) is 0 Å². The first-order chi connectivity index (χ1) is 16.5. The van der Waals surface area contributed by atoms with Crippen LogP contribution in [0.15, 0.2) is 47.6 Å². The third-order valence-corrected chi connectivity index (χ3v) is 7.25. The van der Waals surface area contributed by atoms with Gasteiger partial charge in [0.1, 0.15) is 12.1 Å². The monoisotopic (exact) mass is 462 g/mol. The molecule has 2 amide bonds. The molecule has 5 rings (SSSR count). The van der Waals surface area contributed by atoms with Gasteiger partial charge in [0.2, 0.25) is 0 Å². The summed E-state index contributed by atoms with van der Waals surface area (Å²) >= 11 is 0. The summed E-state index contributed by atoms with van der Waals surface area (Å²) < 4.78 is 0. The number of hydrogen-bond acceptors (Lipinski definition) is 6. The van der Waals surface area contributed by atoms with E-state index in [-0.39, 0.29) is 18.4 Å². The fourth-order valence-electron chi connectivity index (χ4n) is 4.61. The fraction of sp³-hybridized carbons (Fsp3) is 0.462. The zero-order valence-electron chi connectivity index (χ0n) is 19.2. The number of aliphatic hydroxyl groups is 1. The number of nitrogens with zero attached hydrogens (tertiary/aromatic N) is 3. The lowest BCUT2D eigenvalue weighted by Crippen LogP contribution is -2.53. The number of piperazine rings is 1. The Hall–Kier alpha value is -3.26. The van der Waals surface area contributed by atoms with Crippen LogP contribution in [0.1, 0.15) is 48.0 Å². The smallest absolute Gasteiger partial charge is 0.254 e. The molecule has 2 N–H and O–H groups in total. The molecular weight excluding hydrogens is 432 g/mol. The van der Waals surface area contributed by atoms with Gasteiger partial charge in [0, 0.05) is 49.0 Å². The van der Waals surface area contributed by atoms with Gasteiger partial charge in [-0.1, -0.05) is 23.4 Å². The number of benzene rings is 2. The van der Waals surface area contributed by atoms with Gasteiger partial charge in [-0.3, -0.25) is 9.59 Å². The highest BCUT2D eigenvalue weighted by Gasteiger charge is 2.50. The summed E-state index contributed by atoms with van der Waals surface area (Å²) in [6, 6.07) is 14.0. The van der Waals surface area contributed by atoms with Crippen LogP contribution >= 0.6 is 0 Å². The zero-order chi connectivity index (χ0) is 23.7. The molecule has 8 heteroatoms. The number of hydrogen-bond donors (Lipinski definition) is 2. The van der Waals surface area contributed by atoms with E-state index in [1.807, 2.05) is 42.5 Å². The van der Waals surface area contributed by atoms with E-state index in [0.717, 1.165) is 35.2 Å². The predicted octanol–water partition coefficient (Wildman–Crippen LogP) is 3.39. The lowest BCUT2D eigenvalue weighted by molar-refractivity contribution is -0.143. The van der Waals surface area contributed by atoms with E-state index in [4.69, 9.17) is 0 Å². The lowest BCUT2D eigenvalue weighted by Gasteiger charge is -2.35. The van der Waals surface area contributed by atoms with Gasteiger partial charge in [0.25, 0.3) is 11.8 Å². The van der Waals surface area contributed by atoms with Crippen molar-refractivity contribution < 1.29 is 14.7 Å². The highest BCUT2D eigenvalue weighted by atomic mass is 16.3. The third-order valence-electron chi connectivity index (χ3n) is 7.25. The number of rotatable bonds is 7. The molecule has 2 aromatic rings. The molecule has 3 fully saturated rings. The zero-order valence-corrected chi connectivity index (χ0v) is 19.2. The van der Waals surface area contributed by atoms with Gasteiger partial charge in [-0.15, -0.1) is 0 Å². The van der Waals surface area contributed by atoms with Gasteiger partial charge >= 0.3 is 0 Å². The maximum Gasteiger partial charge on any atom is 0.254 e. The number of amides is 2. The van der Waals surface area contributed by atoms with Crippen molar-refractivity contribution in [1.82, 2.24) is 9.80 Å². The standard InChI is InChI=1S/C26H30N4O4/c31-24(29-12-14-30(15-13-29)25(32)26(33)10-11-26)19-6-4-18(5-7-19)20-8-9-23(21(16-20)17-27-34)28-22-2-1-3-22/h4-9,16,22,28,33H,1-3,10-15,17H2. The Bertz CT molecular complexity index is 1080. The number of nitroso groups, excluding NO2 is 1. The van der Waals surface area contributed by atoms with Crippen molar-refractivity contribution in [2.45, 2.75) is 50.3 Å². The second kappa shape index (κ2) is 9.18. The predicted molar refractivity (Wildman–Crippen MR) is 129 cm³/mol.